The van der Waals surface area contributed by atoms with Crippen LogP contribution in [0, 0.1) is 0 Å². The molecule has 26 heavy (non-hydrogen) atoms. The lowest BCUT2D eigenvalue weighted by Gasteiger charge is -2.26. The fourth-order valence-corrected chi connectivity index (χ4v) is 4.85. The minimum atomic E-state index is -3.89. The number of sulfonamides is 1. The van der Waals surface area contributed by atoms with Crippen molar-refractivity contribution in [1.29, 1.82) is 0 Å². The average molecular weight is 373 g/mol. The fraction of sp³-hybridized carbons (Fsp3) is 0.350. The van der Waals surface area contributed by atoms with Gasteiger partial charge in [-0.05, 0) is 34.7 Å². The normalized spacial score (nSPS) is 17.1. The predicted molar refractivity (Wildman–Crippen MR) is 101 cm³/mol. The molecule has 0 N–H and O–H groups in total. The summed E-state index contributed by atoms with van der Waals surface area (Å²) in [5, 5.41) is 0. The van der Waals surface area contributed by atoms with Crippen LogP contribution < -0.4 is 4.31 Å². The Hall–Kier alpha value is -2.34. The van der Waals surface area contributed by atoms with E-state index in [1.54, 1.807) is 24.3 Å². The summed E-state index contributed by atoms with van der Waals surface area (Å²) in [6.07, 6.45) is 0.308. The first kappa shape index (κ1) is 18.5. The van der Waals surface area contributed by atoms with E-state index in [2.05, 4.69) is 20.8 Å². The van der Waals surface area contributed by atoms with E-state index in [-0.39, 0.29) is 10.3 Å². The number of benzene rings is 2. The van der Waals surface area contributed by atoms with Gasteiger partial charge >= 0.3 is 5.97 Å². The van der Waals surface area contributed by atoms with Crippen molar-refractivity contribution >= 4 is 21.7 Å². The number of carbonyl (C=O) groups excluding carboxylic acids is 1. The molecule has 6 heteroatoms. The first-order valence-corrected chi connectivity index (χ1v) is 9.91. The average Bonchev–Trinajstić information content (AvgIpc) is 3.00. The van der Waals surface area contributed by atoms with Gasteiger partial charge in [-0.15, -0.1) is 0 Å². The molecule has 0 unspecified atom stereocenters. The Bertz CT molecular complexity index is 927. The maximum Gasteiger partial charge on any atom is 0.330 e. The van der Waals surface area contributed by atoms with Crippen molar-refractivity contribution < 1.29 is 17.9 Å². The van der Waals surface area contributed by atoms with Gasteiger partial charge in [0.2, 0.25) is 0 Å². The molecule has 2 aromatic rings. The van der Waals surface area contributed by atoms with Crippen molar-refractivity contribution in [3.8, 4) is 0 Å². The van der Waals surface area contributed by atoms with Crippen LogP contribution in [0.1, 0.15) is 31.9 Å². The van der Waals surface area contributed by atoms with Crippen molar-refractivity contribution in [3.63, 3.8) is 0 Å². The first-order valence-electron chi connectivity index (χ1n) is 8.47. The zero-order chi connectivity index (χ0) is 19.1. The number of fused-ring (bicyclic) bond motifs is 1. The fourth-order valence-electron chi connectivity index (χ4n) is 3.21. The summed E-state index contributed by atoms with van der Waals surface area (Å²) < 4.78 is 32.7. The monoisotopic (exact) mass is 373 g/mol. The molecule has 0 aromatic heterocycles. The van der Waals surface area contributed by atoms with E-state index in [0.29, 0.717) is 12.1 Å². The van der Waals surface area contributed by atoms with E-state index in [0.717, 1.165) is 11.1 Å². The van der Waals surface area contributed by atoms with Gasteiger partial charge < -0.3 is 4.74 Å². The molecule has 2 aromatic carbocycles. The van der Waals surface area contributed by atoms with Gasteiger partial charge in [-0.2, -0.15) is 0 Å². The highest BCUT2D eigenvalue weighted by Crippen LogP contribution is 2.37. The molecule has 1 atom stereocenters. The summed E-state index contributed by atoms with van der Waals surface area (Å²) in [6, 6.07) is 13.1. The Morgan fingerprint density at radius 1 is 1.08 bits per heavy atom. The number of rotatable bonds is 3. The molecular weight excluding hydrogens is 350 g/mol. The van der Waals surface area contributed by atoms with Crippen LogP contribution in [0.3, 0.4) is 0 Å². The number of para-hydroxylation sites is 1. The summed E-state index contributed by atoms with van der Waals surface area (Å²) in [4.78, 5) is 12.4. The van der Waals surface area contributed by atoms with E-state index < -0.39 is 22.0 Å². The molecule has 0 saturated heterocycles. The maximum atomic E-state index is 13.3. The number of esters is 1. The first-order chi connectivity index (χ1) is 12.2. The molecule has 1 aliphatic heterocycles. The number of carbonyl (C=O) groups is 1. The highest BCUT2D eigenvalue weighted by atomic mass is 32.2. The third kappa shape index (κ3) is 3.09. The molecule has 0 bridgehead atoms. The number of hydrogen-bond donors (Lipinski definition) is 0. The van der Waals surface area contributed by atoms with Crippen LogP contribution >= 0.6 is 0 Å². The topological polar surface area (TPSA) is 63.7 Å². The zero-order valence-electron chi connectivity index (χ0n) is 15.4. The molecule has 0 aliphatic carbocycles. The number of nitrogens with zero attached hydrogens (tertiary/aromatic N) is 1. The van der Waals surface area contributed by atoms with Gasteiger partial charge in [-0.25, -0.2) is 13.2 Å². The van der Waals surface area contributed by atoms with Gasteiger partial charge in [0.05, 0.1) is 17.7 Å². The Morgan fingerprint density at radius 2 is 1.69 bits per heavy atom. The van der Waals surface area contributed by atoms with Crippen molar-refractivity contribution in [2.75, 3.05) is 11.4 Å². The van der Waals surface area contributed by atoms with Gasteiger partial charge in [0.1, 0.15) is 6.04 Å². The third-order valence-electron chi connectivity index (χ3n) is 4.68. The van der Waals surface area contributed by atoms with Crippen LogP contribution in [0.25, 0.3) is 0 Å². The molecule has 138 valence electrons. The van der Waals surface area contributed by atoms with Crippen molar-refractivity contribution in [2.24, 2.45) is 0 Å². The van der Waals surface area contributed by atoms with Gasteiger partial charge in [0.15, 0.2) is 0 Å². The van der Waals surface area contributed by atoms with Crippen LogP contribution in [0.5, 0.6) is 0 Å². The second-order valence-corrected chi connectivity index (χ2v) is 9.26. The Labute approximate surface area is 154 Å². The van der Waals surface area contributed by atoms with Crippen molar-refractivity contribution in [2.45, 2.75) is 43.5 Å². The van der Waals surface area contributed by atoms with E-state index in [9.17, 15) is 13.2 Å². The quantitative estimate of drug-likeness (QED) is 0.775. The molecule has 5 nitrogen and oxygen atoms in total. The third-order valence-corrected chi connectivity index (χ3v) is 6.51. The molecular formula is C20H23NO4S. The lowest BCUT2D eigenvalue weighted by atomic mass is 9.87. The zero-order valence-corrected chi connectivity index (χ0v) is 16.2. The molecule has 1 heterocycles. The van der Waals surface area contributed by atoms with Crippen LogP contribution in [-0.2, 0) is 31.4 Å². The highest BCUT2D eigenvalue weighted by Gasteiger charge is 2.42. The molecule has 0 amide bonds. The van der Waals surface area contributed by atoms with Crippen LogP contribution in [0.15, 0.2) is 53.4 Å². The van der Waals surface area contributed by atoms with Gasteiger partial charge in [-0.1, -0.05) is 51.1 Å². The van der Waals surface area contributed by atoms with Crippen molar-refractivity contribution in [1.82, 2.24) is 0 Å². The maximum absolute atomic E-state index is 13.3. The SMILES string of the molecule is COC(=O)[C@@H]1Cc2ccccc2N1S(=O)(=O)c1ccc(C(C)(C)C)cc1. The Morgan fingerprint density at radius 3 is 2.27 bits per heavy atom. The number of methoxy groups -OCH3 is 1. The minimum Gasteiger partial charge on any atom is -0.467 e. The molecule has 0 saturated carbocycles. The lowest BCUT2D eigenvalue weighted by Crippen LogP contribution is -2.43. The largest absolute Gasteiger partial charge is 0.467 e. The summed E-state index contributed by atoms with van der Waals surface area (Å²) in [5.74, 6) is -0.559. The highest BCUT2D eigenvalue weighted by molar-refractivity contribution is 7.93. The second-order valence-electron chi connectivity index (χ2n) is 7.45. The summed E-state index contributed by atoms with van der Waals surface area (Å²) in [7, 11) is -2.61. The number of ether oxygens (including phenoxy) is 1. The van der Waals surface area contributed by atoms with Crippen LogP contribution in [0.4, 0.5) is 5.69 Å². The second kappa shape index (κ2) is 6.43. The summed E-state index contributed by atoms with van der Waals surface area (Å²) in [6.45, 7) is 6.21. The Balaban J connectivity index is 2.07. The van der Waals surface area contributed by atoms with E-state index in [4.69, 9.17) is 4.74 Å². The lowest BCUT2D eigenvalue weighted by molar-refractivity contribution is -0.141. The standard InChI is InChI=1S/C20H23NO4S/c1-20(2,3)15-9-11-16(12-10-15)26(23,24)21-17-8-6-5-7-14(17)13-18(21)19(22)25-4/h5-12,18H,13H2,1-4H3/t18-/m0/s1. The van der Waals surface area contributed by atoms with Gasteiger partial charge in [0.25, 0.3) is 10.0 Å². The van der Waals surface area contributed by atoms with Crippen LogP contribution in [-0.4, -0.2) is 27.5 Å². The van der Waals surface area contributed by atoms with Crippen LogP contribution in [0.2, 0.25) is 0 Å². The molecule has 0 fully saturated rings. The van der Waals surface area contributed by atoms with Gasteiger partial charge in [-0.3, -0.25) is 4.31 Å². The molecule has 3 rings (SSSR count). The number of hydrogen-bond acceptors (Lipinski definition) is 4. The molecule has 1 aliphatic rings. The summed E-state index contributed by atoms with van der Waals surface area (Å²) in [5.41, 5.74) is 2.32. The summed E-state index contributed by atoms with van der Waals surface area (Å²) >= 11 is 0. The molecule has 0 spiro atoms. The van der Waals surface area contributed by atoms with E-state index in [1.165, 1.54) is 11.4 Å². The van der Waals surface area contributed by atoms with Gasteiger partial charge in [0, 0.05) is 6.42 Å². The van der Waals surface area contributed by atoms with E-state index in [1.807, 2.05) is 24.3 Å². The molecule has 0 radical (unpaired) electrons. The minimum absolute atomic E-state index is 0.0723. The predicted octanol–water partition coefficient (Wildman–Crippen LogP) is 3.28. The number of anilines is 1. The van der Waals surface area contributed by atoms with Crippen molar-refractivity contribution in [3.05, 3.63) is 59.7 Å². The van der Waals surface area contributed by atoms with E-state index >= 15 is 0 Å². The smallest absolute Gasteiger partial charge is 0.330 e. The Kier molecular flexibility index (Phi) is 4.56.